The van der Waals surface area contributed by atoms with Crippen molar-refractivity contribution in [2.24, 2.45) is 21.8 Å². The molecule has 260 valence electrons. The Kier molecular flexibility index (Phi) is 11.4. The Bertz CT molecular complexity index is 2260. The summed E-state index contributed by atoms with van der Waals surface area (Å²) in [5, 5.41) is 48.6. The van der Waals surface area contributed by atoms with Gasteiger partial charge in [0.2, 0.25) is 0 Å². The fourth-order valence-corrected chi connectivity index (χ4v) is 6.81. The maximum atomic E-state index is 14.0. The number of benzene rings is 5. The Labute approximate surface area is 306 Å². The molecular weight excluding hydrogens is 714 g/mol. The molecule has 1 heterocycles. The van der Waals surface area contributed by atoms with E-state index in [2.05, 4.69) is 10.3 Å². The van der Waals surface area contributed by atoms with Gasteiger partial charge in [-0.25, -0.2) is 4.39 Å². The molecule has 0 amide bonds. The second-order valence-electron chi connectivity index (χ2n) is 11.1. The van der Waals surface area contributed by atoms with Gasteiger partial charge in [0.05, 0.1) is 7.11 Å². The number of nitrogens with zero attached hydrogens (tertiary/aromatic N) is 2. The van der Waals surface area contributed by atoms with Crippen LogP contribution < -0.4 is 16.2 Å². The maximum absolute atomic E-state index is 14.0. The Balaban J connectivity index is 0.000000199. The van der Waals surface area contributed by atoms with Crippen LogP contribution in [0.2, 0.25) is 10.0 Å². The number of hydrogen-bond donors (Lipinski definition) is 6. The topological polar surface area (TPSA) is 167 Å². The molecule has 1 aromatic heterocycles. The zero-order valence-corrected chi connectivity index (χ0v) is 29.4. The lowest BCUT2D eigenvalue weighted by molar-refractivity contribution is 0.318. The van der Waals surface area contributed by atoms with Crippen molar-refractivity contribution in [1.82, 2.24) is 0 Å². The molecule has 5 aromatic carbocycles. The lowest BCUT2D eigenvalue weighted by Crippen LogP contribution is -2.15. The molecule has 0 bridgehead atoms. The van der Waals surface area contributed by atoms with Gasteiger partial charge in [0.1, 0.15) is 23.1 Å². The van der Waals surface area contributed by atoms with E-state index in [-0.39, 0.29) is 23.2 Å². The Morgan fingerprint density at radius 3 is 1.55 bits per heavy atom. The number of thiophene rings is 1. The summed E-state index contributed by atoms with van der Waals surface area (Å²) >= 11 is 14.1. The first kappa shape index (κ1) is 36.5. The molecule has 51 heavy (non-hydrogen) atoms. The first-order valence-electron chi connectivity index (χ1n) is 15.0. The van der Waals surface area contributed by atoms with E-state index in [0.717, 1.165) is 27.8 Å². The molecule has 9 nitrogen and oxygen atoms in total. The summed E-state index contributed by atoms with van der Waals surface area (Å²) in [6.07, 6.45) is 0. The molecule has 0 saturated carbocycles. The predicted molar refractivity (Wildman–Crippen MR) is 202 cm³/mol. The molecule has 0 fully saturated rings. The van der Waals surface area contributed by atoms with Crippen molar-refractivity contribution in [3.63, 3.8) is 0 Å². The second-order valence-corrected chi connectivity index (χ2v) is 12.7. The number of ether oxygens (including phenoxy) is 1. The van der Waals surface area contributed by atoms with Gasteiger partial charge < -0.3 is 36.8 Å². The van der Waals surface area contributed by atoms with Gasteiger partial charge in [0, 0.05) is 37.9 Å². The highest BCUT2D eigenvalue weighted by molar-refractivity contribution is 7.08. The van der Waals surface area contributed by atoms with Gasteiger partial charge in [0.25, 0.3) is 0 Å². The molecule has 0 aliphatic heterocycles. The van der Waals surface area contributed by atoms with E-state index in [0.29, 0.717) is 49.2 Å². The third-order valence-corrected chi connectivity index (χ3v) is 9.18. The van der Waals surface area contributed by atoms with Crippen molar-refractivity contribution in [2.75, 3.05) is 7.11 Å². The smallest absolute Gasteiger partial charge is 0.170 e. The minimum atomic E-state index is -0.470. The minimum absolute atomic E-state index is 0.00173. The van der Waals surface area contributed by atoms with Crippen LogP contribution in [0.5, 0.6) is 17.2 Å². The Hall–Kier alpha value is -5.75. The first-order chi connectivity index (χ1) is 24.4. The molecule has 6 rings (SSSR count). The zero-order chi connectivity index (χ0) is 36.8. The minimum Gasteiger partial charge on any atom is -0.508 e. The summed E-state index contributed by atoms with van der Waals surface area (Å²) in [6, 6.07) is 24.1. The van der Waals surface area contributed by atoms with Gasteiger partial charge in [0.15, 0.2) is 11.7 Å². The molecule has 0 saturated heterocycles. The number of aryl methyl sites for hydroxylation is 1. The average molecular weight is 746 g/mol. The number of aromatic hydroxyl groups is 2. The zero-order valence-electron chi connectivity index (χ0n) is 27.1. The van der Waals surface area contributed by atoms with Gasteiger partial charge in [-0.1, -0.05) is 57.8 Å². The van der Waals surface area contributed by atoms with Gasteiger partial charge in [-0.05, 0) is 118 Å². The Morgan fingerprint density at radius 1 is 0.667 bits per heavy atom. The quantitative estimate of drug-likeness (QED) is 0.0410. The fraction of sp³-hybridized carbons (Fsp3) is 0.0526. The number of halogens is 3. The number of phenolic OH excluding ortho intramolecular Hbond substituents is 2. The van der Waals surface area contributed by atoms with Crippen molar-refractivity contribution in [1.29, 1.82) is 0 Å². The first-order valence-corrected chi connectivity index (χ1v) is 16.7. The number of nitrogens with two attached hydrogens (primary N) is 2. The van der Waals surface area contributed by atoms with Crippen LogP contribution in [0.15, 0.2) is 112 Å². The molecule has 13 heteroatoms. The van der Waals surface area contributed by atoms with Gasteiger partial charge in [-0.2, -0.15) is 11.3 Å². The molecule has 0 aliphatic carbocycles. The predicted octanol–water partition coefficient (Wildman–Crippen LogP) is 9.47. The van der Waals surface area contributed by atoms with Crippen LogP contribution >= 0.6 is 34.5 Å². The van der Waals surface area contributed by atoms with Crippen LogP contribution in [-0.4, -0.2) is 39.4 Å². The van der Waals surface area contributed by atoms with E-state index in [9.17, 15) is 19.8 Å². The summed E-state index contributed by atoms with van der Waals surface area (Å²) in [5.74, 6) is 0.0404. The molecule has 0 spiro atoms. The number of amidine groups is 2. The molecule has 8 N–H and O–H groups in total. The third-order valence-electron chi connectivity index (χ3n) is 7.89. The van der Waals surface area contributed by atoms with Crippen LogP contribution in [-0.2, 0) is 0 Å². The molecule has 6 aromatic rings. The average Bonchev–Trinajstić information content (AvgIpc) is 3.56. The summed E-state index contributed by atoms with van der Waals surface area (Å²) < 4.78 is 19.4. The monoisotopic (exact) mass is 744 g/mol. The highest BCUT2D eigenvalue weighted by Gasteiger charge is 2.21. The number of oxime groups is 2. The molecule has 0 unspecified atom stereocenters. The summed E-state index contributed by atoms with van der Waals surface area (Å²) in [7, 11) is 1.47. The van der Waals surface area contributed by atoms with Crippen LogP contribution in [0.4, 0.5) is 4.39 Å². The number of methoxy groups -OCH3 is 1. The van der Waals surface area contributed by atoms with Crippen molar-refractivity contribution >= 4 is 46.2 Å². The van der Waals surface area contributed by atoms with E-state index in [1.807, 2.05) is 35.9 Å². The maximum Gasteiger partial charge on any atom is 0.170 e. The van der Waals surface area contributed by atoms with Crippen LogP contribution in [0, 0.1) is 12.7 Å². The molecule has 0 radical (unpaired) electrons. The van der Waals surface area contributed by atoms with E-state index >= 15 is 0 Å². The lowest BCUT2D eigenvalue weighted by atomic mass is 9.89. The standard InChI is InChI=1S/C20H16ClFN2O3.C18H15ClN2O2S/c1-27-18-7-4-13(22)10-16(18)19-15(11-2-5-14(25)6-3-11)8-12(21)9-17(19)20(23)24-26;1-10-8-24-9-16(10)17-14(11-2-4-13(22)5-3-11)6-12(19)7-15(17)18(20)21-23/h2-10,25-26H,1H3,(H2,23,24);2-9,22-23H,1H3,(H2,20,21). The summed E-state index contributed by atoms with van der Waals surface area (Å²) in [6.45, 7) is 2.01. The van der Waals surface area contributed by atoms with Gasteiger partial charge >= 0.3 is 0 Å². The van der Waals surface area contributed by atoms with E-state index in [1.54, 1.807) is 47.7 Å². The third kappa shape index (κ3) is 8.02. The highest BCUT2D eigenvalue weighted by atomic mass is 35.5. The lowest BCUT2D eigenvalue weighted by Gasteiger charge is -2.18. The van der Waals surface area contributed by atoms with E-state index in [4.69, 9.17) is 44.6 Å². The summed E-state index contributed by atoms with van der Waals surface area (Å²) in [4.78, 5) is 0. The second kappa shape index (κ2) is 15.9. The highest BCUT2D eigenvalue weighted by Crippen LogP contribution is 2.43. The van der Waals surface area contributed by atoms with Crippen LogP contribution in [0.3, 0.4) is 0 Å². The summed E-state index contributed by atoms with van der Waals surface area (Å²) in [5.41, 5.74) is 19.5. The Morgan fingerprint density at radius 2 is 1.14 bits per heavy atom. The van der Waals surface area contributed by atoms with E-state index < -0.39 is 5.82 Å². The van der Waals surface area contributed by atoms with Gasteiger partial charge in [-0.3, -0.25) is 0 Å². The number of hydrogen-bond acceptors (Lipinski definition) is 8. The molecular formula is C38H31Cl2FN4O5S. The van der Waals surface area contributed by atoms with Crippen molar-refractivity contribution < 1.29 is 29.8 Å². The number of rotatable bonds is 7. The molecule has 0 aliphatic rings. The van der Waals surface area contributed by atoms with Gasteiger partial charge in [-0.15, -0.1) is 0 Å². The fourth-order valence-electron chi connectivity index (χ4n) is 5.54. The van der Waals surface area contributed by atoms with Crippen LogP contribution in [0.25, 0.3) is 44.5 Å². The largest absolute Gasteiger partial charge is 0.508 e. The van der Waals surface area contributed by atoms with E-state index in [1.165, 1.54) is 43.5 Å². The van der Waals surface area contributed by atoms with Crippen molar-refractivity contribution in [3.8, 4) is 61.8 Å². The SMILES string of the molecule is COc1ccc(F)cc1-c1c(C(N)=NO)cc(Cl)cc1-c1ccc(O)cc1.Cc1cscc1-c1c(C(N)=NO)cc(Cl)cc1-c1ccc(O)cc1. The van der Waals surface area contributed by atoms with Crippen LogP contribution in [0.1, 0.15) is 16.7 Å². The molecule has 0 atom stereocenters. The normalized spacial score (nSPS) is 11.5. The van der Waals surface area contributed by atoms with Crippen molar-refractivity contribution in [2.45, 2.75) is 6.92 Å². The van der Waals surface area contributed by atoms with Crippen molar-refractivity contribution in [3.05, 3.63) is 134 Å². The number of phenols is 2.